The molecular weight excluding hydrogens is 260 g/mol. The standard InChI is InChI=1S/C19H26O2/c1-17-7-6-15-13(14(17)2-3-16(17)21)5-8-18-10-12(20)4-9-19(15,18)11-18/h13-15H,2-11H2,1H3/t13-,14-,15+,17-,18+,19?/m0/s1. The molecule has 0 aromatic carbocycles. The highest BCUT2D eigenvalue weighted by atomic mass is 16.1. The third-order valence-corrected chi connectivity index (χ3v) is 8.78. The minimum absolute atomic E-state index is 0.0111. The zero-order chi connectivity index (χ0) is 14.5. The van der Waals surface area contributed by atoms with Crippen LogP contribution in [0.5, 0.6) is 0 Å². The van der Waals surface area contributed by atoms with E-state index in [1.807, 2.05) is 0 Å². The molecule has 6 atom stereocenters. The van der Waals surface area contributed by atoms with Crippen LogP contribution in [0.4, 0.5) is 0 Å². The van der Waals surface area contributed by atoms with Crippen LogP contribution in [0.2, 0.25) is 0 Å². The molecule has 0 saturated heterocycles. The summed E-state index contributed by atoms with van der Waals surface area (Å²) in [5.74, 6) is 3.37. The zero-order valence-corrected chi connectivity index (χ0v) is 13.1. The highest BCUT2D eigenvalue weighted by molar-refractivity contribution is 5.87. The third kappa shape index (κ3) is 1.32. The maximum Gasteiger partial charge on any atom is 0.139 e. The number of carbonyl (C=O) groups excluding carboxylic acids is 2. The summed E-state index contributed by atoms with van der Waals surface area (Å²) in [6.45, 7) is 2.26. The van der Waals surface area contributed by atoms with Gasteiger partial charge in [-0.1, -0.05) is 6.92 Å². The largest absolute Gasteiger partial charge is 0.300 e. The van der Waals surface area contributed by atoms with E-state index in [9.17, 15) is 9.59 Å². The van der Waals surface area contributed by atoms with Crippen LogP contribution >= 0.6 is 0 Å². The van der Waals surface area contributed by atoms with Gasteiger partial charge in [0.05, 0.1) is 0 Å². The number of fused-ring (bicyclic) bond motifs is 3. The van der Waals surface area contributed by atoms with Gasteiger partial charge in [-0.3, -0.25) is 9.59 Å². The lowest BCUT2D eigenvalue weighted by Gasteiger charge is -2.53. The average molecular weight is 286 g/mol. The molecule has 5 aliphatic rings. The lowest BCUT2D eigenvalue weighted by Crippen LogP contribution is -2.48. The Hall–Kier alpha value is -0.660. The first-order chi connectivity index (χ1) is 10.0. The minimum atomic E-state index is 0.0111. The monoisotopic (exact) mass is 286 g/mol. The van der Waals surface area contributed by atoms with Crippen molar-refractivity contribution in [1.29, 1.82) is 0 Å². The molecule has 0 spiro atoms. The first-order valence-electron chi connectivity index (χ1n) is 9.06. The topological polar surface area (TPSA) is 34.1 Å². The summed E-state index contributed by atoms with van der Waals surface area (Å²) in [6, 6.07) is 0. The Bertz CT molecular complexity index is 552. The quantitative estimate of drug-likeness (QED) is 0.676. The lowest BCUT2D eigenvalue weighted by atomic mass is 9.50. The normalized spacial score (nSPS) is 58.0. The molecule has 2 heteroatoms. The fraction of sp³-hybridized carbons (Fsp3) is 0.895. The number of hydrogen-bond donors (Lipinski definition) is 0. The molecule has 0 amide bonds. The van der Waals surface area contributed by atoms with E-state index in [4.69, 9.17) is 0 Å². The van der Waals surface area contributed by atoms with Crippen LogP contribution in [0.15, 0.2) is 0 Å². The summed E-state index contributed by atoms with van der Waals surface area (Å²) in [5, 5.41) is 0. The highest BCUT2D eigenvalue weighted by Crippen LogP contribution is 2.82. The van der Waals surface area contributed by atoms with Crippen LogP contribution in [-0.4, -0.2) is 11.6 Å². The molecule has 0 bridgehead atoms. The second-order valence-electron chi connectivity index (χ2n) is 9.16. The van der Waals surface area contributed by atoms with Crippen LogP contribution in [0.25, 0.3) is 0 Å². The van der Waals surface area contributed by atoms with Crippen molar-refractivity contribution in [2.45, 2.75) is 71.1 Å². The van der Waals surface area contributed by atoms with Crippen molar-refractivity contribution in [1.82, 2.24) is 0 Å². The van der Waals surface area contributed by atoms with Gasteiger partial charge in [-0.25, -0.2) is 0 Å². The van der Waals surface area contributed by atoms with Crippen molar-refractivity contribution in [3.05, 3.63) is 0 Å². The Morgan fingerprint density at radius 3 is 2.67 bits per heavy atom. The minimum Gasteiger partial charge on any atom is -0.300 e. The van der Waals surface area contributed by atoms with Crippen molar-refractivity contribution in [2.75, 3.05) is 0 Å². The lowest BCUT2D eigenvalue weighted by molar-refractivity contribution is -0.134. The molecule has 21 heavy (non-hydrogen) atoms. The fourth-order valence-corrected chi connectivity index (χ4v) is 7.71. The molecule has 0 radical (unpaired) electrons. The molecule has 2 nitrogen and oxygen atoms in total. The molecule has 114 valence electrons. The van der Waals surface area contributed by atoms with Crippen molar-refractivity contribution in [3.8, 4) is 0 Å². The van der Waals surface area contributed by atoms with E-state index in [1.54, 1.807) is 0 Å². The SMILES string of the molecule is C[C@]12CC[C@@H]3[C@@H](CC[C@]45CC(=O)CCC34C5)[C@@H]1CCC2=O. The van der Waals surface area contributed by atoms with E-state index in [-0.39, 0.29) is 5.41 Å². The summed E-state index contributed by atoms with van der Waals surface area (Å²) in [7, 11) is 0. The zero-order valence-electron chi connectivity index (χ0n) is 13.1. The summed E-state index contributed by atoms with van der Waals surface area (Å²) >= 11 is 0. The molecular formula is C19H26O2. The smallest absolute Gasteiger partial charge is 0.139 e. The number of rotatable bonds is 0. The van der Waals surface area contributed by atoms with Gasteiger partial charge in [0, 0.05) is 24.7 Å². The summed E-state index contributed by atoms with van der Waals surface area (Å²) in [6.07, 6.45) is 11.2. The Balaban J connectivity index is 1.50. The highest BCUT2D eigenvalue weighted by Gasteiger charge is 2.75. The number of hydrogen-bond acceptors (Lipinski definition) is 2. The second kappa shape index (κ2) is 3.63. The van der Waals surface area contributed by atoms with Crippen molar-refractivity contribution in [3.63, 3.8) is 0 Å². The third-order valence-electron chi connectivity index (χ3n) is 8.78. The Morgan fingerprint density at radius 1 is 0.952 bits per heavy atom. The predicted molar refractivity (Wildman–Crippen MR) is 79.6 cm³/mol. The summed E-state index contributed by atoms with van der Waals surface area (Å²) < 4.78 is 0. The van der Waals surface area contributed by atoms with Crippen LogP contribution < -0.4 is 0 Å². The van der Waals surface area contributed by atoms with Gasteiger partial charge in [0.25, 0.3) is 0 Å². The van der Waals surface area contributed by atoms with Gasteiger partial charge in [-0.05, 0) is 73.5 Å². The predicted octanol–water partition coefficient (Wildman–Crippen LogP) is 3.92. The number of Topliss-reactive ketones (excluding diaryl/α,β-unsaturated/α-hetero) is 2. The number of carbonyl (C=O) groups is 2. The van der Waals surface area contributed by atoms with E-state index in [2.05, 4.69) is 6.92 Å². The van der Waals surface area contributed by atoms with E-state index in [1.165, 1.54) is 32.1 Å². The summed E-state index contributed by atoms with van der Waals surface area (Å²) in [5.41, 5.74) is 0.952. The van der Waals surface area contributed by atoms with E-state index in [0.29, 0.717) is 28.3 Å². The molecule has 0 aromatic heterocycles. The van der Waals surface area contributed by atoms with Crippen molar-refractivity contribution >= 4 is 11.6 Å². The van der Waals surface area contributed by atoms with E-state index >= 15 is 0 Å². The molecule has 5 rings (SSSR count). The van der Waals surface area contributed by atoms with Gasteiger partial charge in [0.2, 0.25) is 0 Å². The van der Waals surface area contributed by atoms with Crippen LogP contribution in [0.1, 0.15) is 71.1 Å². The van der Waals surface area contributed by atoms with Gasteiger partial charge >= 0.3 is 0 Å². The maximum absolute atomic E-state index is 12.4. The first kappa shape index (κ1) is 12.8. The van der Waals surface area contributed by atoms with Gasteiger partial charge in [-0.2, -0.15) is 0 Å². The molecule has 5 aliphatic carbocycles. The molecule has 0 N–H and O–H groups in total. The Morgan fingerprint density at radius 2 is 1.81 bits per heavy atom. The average Bonchev–Trinajstić information content (AvgIpc) is 3.05. The van der Waals surface area contributed by atoms with Crippen LogP contribution in [0, 0.1) is 34.0 Å². The first-order valence-corrected chi connectivity index (χ1v) is 9.06. The molecule has 0 heterocycles. The molecule has 5 fully saturated rings. The molecule has 5 saturated carbocycles. The van der Waals surface area contributed by atoms with Crippen LogP contribution in [-0.2, 0) is 9.59 Å². The van der Waals surface area contributed by atoms with Crippen molar-refractivity contribution < 1.29 is 9.59 Å². The molecule has 0 aromatic rings. The van der Waals surface area contributed by atoms with Gasteiger partial charge in [-0.15, -0.1) is 0 Å². The van der Waals surface area contributed by atoms with E-state index < -0.39 is 0 Å². The second-order valence-corrected chi connectivity index (χ2v) is 9.16. The molecule has 0 aliphatic heterocycles. The fourth-order valence-electron chi connectivity index (χ4n) is 7.71. The summed E-state index contributed by atoms with van der Waals surface area (Å²) in [4.78, 5) is 24.3. The van der Waals surface area contributed by atoms with Crippen molar-refractivity contribution in [2.24, 2.45) is 34.0 Å². The van der Waals surface area contributed by atoms with Gasteiger partial charge in [0.15, 0.2) is 0 Å². The maximum atomic E-state index is 12.4. The molecule has 1 unspecified atom stereocenters. The van der Waals surface area contributed by atoms with Gasteiger partial charge < -0.3 is 0 Å². The van der Waals surface area contributed by atoms with Crippen LogP contribution in [0.3, 0.4) is 0 Å². The Kier molecular flexibility index (Phi) is 2.22. The van der Waals surface area contributed by atoms with E-state index in [0.717, 1.165) is 43.9 Å². The van der Waals surface area contributed by atoms with Gasteiger partial charge in [0.1, 0.15) is 11.6 Å². The number of ketones is 2. The Labute approximate surface area is 127 Å².